The first-order valence-electron chi connectivity index (χ1n) is 5.03. The number of aliphatic hydroxyl groups excluding tert-OH is 1. The van der Waals surface area contributed by atoms with Crippen molar-refractivity contribution >= 4 is 0 Å². The zero-order valence-corrected chi connectivity index (χ0v) is 8.88. The Bertz CT molecular complexity index is 193. The molecule has 15 heavy (non-hydrogen) atoms. The summed E-state index contributed by atoms with van der Waals surface area (Å²) < 4.78 is 30.6. The number of alkyl halides is 2. The molecule has 2 N–H and O–H groups in total. The largest absolute Gasteiger partial charge is 0.390 e. The zero-order valence-electron chi connectivity index (χ0n) is 8.88. The van der Waals surface area contributed by atoms with Crippen molar-refractivity contribution in [2.75, 3.05) is 46.4 Å². The summed E-state index contributed by atoms with van der Waals surface area (Å²) in [5, 5.41) is 10.9. The highest BCUT2D eigenvalue weighted by atomic mass is 19.3. The average Bonchev–Trinajstić information content (AvgIpc) is 2.18. The molecule has 1 heterocycles. The van der Waals surface area contributed by atoms with Gasteiger partial charge in [0.1, 0.15) is 6.61 Å². The molecule has 0 saturated carbocycles. The van der Waals surface area contributed by atoms with Gasteiger partial charge in [0.15, 0.2) is 0 Å². The van der Waals surface area contributed by atoms with Crippen LogP contribution in [0, 0.1) is 0 Å². The number of halogens is 2. The van der Waals surface area contributed by atoms with Gasteiger partial charge in [0.2, 0.25) is 0 Å². The number of nitrogens with one attached hydrogen (secondary N) is 1. The van der Waals surface area contributed by atoms with Gasteiger partial charge in [-0.2, -0.15) is 0 Å². The van der Waals surface area contributed by atoms with Gasteiger partial charge in [0, 0.05) is 19.6 Å². The van der Waals surface area contributed by atoms with Crippen molar-refractivity contribution in [3.63, 3.8) is 0 Å². The molecule has 90 valence electrons. The summed E-state index contributed by atoms with van der Waals surface area (Å²) in [5.74, 6) is -3.04. The van der Waals surface area contributed by atoms with Crippen LogP contribution in [-0.2, 0) is 4.74 Å². The van der Waals surface area contributed by atoms with Crippen molar-refractivity contribution in [3.05, 3.63) is 0 Å². The maximum atomic E-state index is 12.6. The third-order valence-corrected chi connectivity index (χ3v) is 2.33. The number of likely N-dealkylation sites (N-methyl/N-ethyl adjacent to an activating group) is 1. The van der Waals surface area contributed by atoms with Crippen LogP contribution in [0.3, 0.4) is 0 Å². The van der Waals surface area contributed by atoms with Crippen LogP contribution in [-0.4, -0.2) is 68.5 Å². The molecule has 1 unspecified atom stereocenters. The molecule has 1 atom stereocenters. The Kier molecular flexibility index (Phi) is 4.85. The number of nitrogens with zero attached hydrogens (tertiary/aromatic N) is 1. The molecule has 1 fully saturated rings. The quantitative estimate of drug-likeness (QED) is 0.663. The molecule has 0 aliphatic carbocycles. The van der Waals surface area contributed by atoms with Gasteiger partial charge >= 0.3 is 0 Å². The Balaban J connectivity index is 2.14. The lowest BCUT2D eigenvalue weighted by Gasteiger charge is -2.30. The highest BCUT2D eigenvalue weighted by molar-refractivity contribution is 4.74. The van der Waals surface area contributed by atoms with Crippen LogP contribution in [0.15, 0.2) is 0 Å². The first-order valence-corrected chi connectivity index (χ1v) is 5.03. The maximum absolute atomic E-state index is 12.6. The molecular formula is C9H18F2N2O2. The fourth-order valence-corrected chi connectivity index (χ4v) is 1.46. The van der Waals surface area contributed by atoms with Gasteiger partial charge in [-0.3, -0.25) is 0 Å². The van der Waals surface area contributed by atoms with E-state index in [0.717, 1.165) is 13.1 Å². The van der Waals surface area contributed by atoms with Crippen molar-refractivity contribution in [2.24, 2.45) is 0 Å². The molecule has 6 heteroatoms. The second-order valence-electron chi connectivity index (χ2n) is 3.90. The lowest BCUT2D eigenvalue weighted by Crippen LogP contribution is -2.47. The predicted octanol–water partition coefficient (Wildman–Crippen LogP) is -0.466. The highest BCUT2D eigenvalue weighted by Gasteiger charge is 2.27. The van der Waals surface area contributed by atoms with Crippen molar-refractivity contribution in [1.29, 1.82) is 0 Å². The molecular weight excluding hydrogens is 206 g/mol. The molecule has 0 aromatic carbocycles. The first-order chi connectivity index (χ1) is 7.03. The topological polar surface area (TPSA) is 44.7 Å². The molecule has 1 aliphatic rings. The molecule has 0 amide bonds. The second kappa shape index (κ2) is 5.69. The number of aliphatic hydroxyl groups is 1. The van der Waals surface area contributed by atoms with Gasteiger partial charge in [-0.05, 0) is 7.05 Å². The fourth-order valence-electron chi connectivity index (χ4n) is 1.46. The Morgan fingerprint density at radius 1 is 1.60 bits per heavy atom. The second-order valence-corrected chi connectivity index (χ2v) is 3.90. The molecule has 0 aromatic heterocycles. The summed E-state index contributed by atoms with van der Waals surface area (Å²) in [6, 6.07) is 0. The van der Waals surface area contributed by atoms with E-state index in [2.05, 4.69) is 10.2 Å². The van der Waals surface area contributed by atoms with Crippen LogP contribution in [0.25, 0.3) is 0 Å². The zero-order chi connectivity index (χ0) is 11.3. The minimum absolute atomic E-state index is 0.0433. The van der Waals surface area contributed by atoms with Crippen LogP contribution < -0.4 is 5.32 Å². The van der Waals surface area contributed by atoms with E-state index >= 15 is 0 Å². The molecule has 1 rings (SSSR count). The van der Waals surface area contributed by atoms with Gasteiger partial charge in [-0.15, -0.1) is 0 Å². The van der Waals surface area contributed by atoms with E-state index in [1.807, 2.05) is 7.05 Å². The van der Waals surface area contributed by atoms with Crippen LogP contribution in [0.5, 0.6) is 0 Å². The minimum atomic E-state index is -3.04. The van der Waals surface area contributed by atoms with Gasteiger partial charge in [-0.25, -0.2) is 8.78 Å². The molecule has 0 radical (unpaired) electrons. The van der Waals surface area contributed by atoms with Crippen molar-refractivity contribution < 1.29 is 18.6 Å². The summed E-state index contributed by atoms with van der Waals surface area (Å²) in [5.41, 5.74) is 0. The van der Waals surface area contributed by atoms with Crippen LogP contribution in [0.2, 0.25) is 0 Å². The Morgan fingerprint density at radius 3 is 2.93 bits per heavy atom. The number of morpholine rings is 1. The summed E-state index contributed by atoms with van der Waals surface area (Å²) in [6.45, 7) is 1.03. The Hall–Kier alpha value is -0.300. The monoisotopic (exact) mass is 224 g/mol. The van der Waals surface area contributed by atoms with Crippen molar-refractivity contribution in [2.45, 2.75) is 12.0 Å². The van der Waals surface area contributed by atoms with Gasteiger partial charge in [-0.1, -0.05) is 0 Å². The van der Waals surface area contributed by atoms with Crippen LogP contribution in [0.4, 0.5) is 8.78 Å². The van der Waals surface area contributed by atoms with Gasteiger partial charge in [0.05, 0.1) is 19.3 Å². The average molecular weight is 224 g/mol. The van der Waals surface area contributed by atoms with Crippen molar-refractivity contribution in [3.8, 4) is 0 Å². The summed E-state index contributed by atoms with van der Waals surface area (Å²) in [7, 11) is 1.97. The minimum Gasteiger partial charge on any atom is -0.390 e. The predicted molar refractivity (Wildman–Crippen MR) is 52.1 cm³/mol. The van der Waals surface area contributed by atoms with E-state index in [1.165, 1.54) is 0 Å². The summed E-state index contributed by atoms with van der Waals surface area (Å²) >= 11 is 0. The highest BCUT2D eigenvalue weighted by Crippen LogP contribution is 2.10. The Morgan fingerprint density at radius 2 is 2.33 bits per heavy atom. The van der Waals surface area contributed by atoms with E-state index in [1.54, 1.807) is 0 Å². The normalized spacial score (nSPS) is 24.4. The molecule has 4 nitrogen and oxygen atoms in total. The summed E-state index contributed by atoms with van der Waals surface area (Å²) in [4.78, 5) is 2.10. The lowest BCUT2D eigenvalue weighted by atomic mass is 10.2. The number of rotatable bonds is 5. The van der Waals surface area contributed by atoms with Gasteiger partial charge in [0.25, 0.3) is 5.92 Å². The van der Waals surface area contributed by atoms with E-state index in [0.29, 0.717) is 13.2 Å². The maximum Gasteiger partial charge on any atom is 0.282 e. The molecule has 0 aromatic rings. The van der Waals surface area contributed by atoms with Crippen LogP contribution >= 0.6 is 0 Å². The van der Waals surface area contributed by atoms with E-state index in [9.17, 15) is 8.78 Å². The van der Waals surface area contributed by atoms with Crippen LogP contribution in [0.1, 0.15) is 0 Å². The van der Waals surface area contributed by atoms with E-state index in [4.69, 9.17) is 9.84 Å². The number of ether oxygens (including phenoxy) is 1. The third kappa shape index (κ3) is 4.83. The third-order valence-electron chi connectivity index (χ3n) is 2.33. The SMILES string of the molecule is CN1CCOC(CNCC(F)(F)CO)C1. The summed E-state index contributed by atoms with van der Waals surface area (Å²) in [6.07, 6.45) is -0.0433. The number of hydrogen-bond acceptors (Lipinski definition) is 4. The molecule has 1 aliphatic heterocycles. The molecule has 1 saturated heterocycles. The fraction of sp³-hybridized carbons (Fsp3) is 1.00. The smallest absolute Gasteiger partial charge is 0.282 e. The Labute approximate surface area is 88.2 Å². The number of hydrogen-bond donors (Lipinski definition) is 2. The van der Waals surface area contributed by atoms with Gasteiger partial charge < -0.3 is 20.1 Å². The standard InChI is InChI=1S/C9H18F2N2O2/c1-13-2-3-15-8(5-13)4-12-6-9(10,11)7-14/h8,12,14H,2-7H2,1H3. The lowest BCUT2D eigenvalue weighted by molar-refractivity contribution is -0.0550. The molecule has 0 bridgehead atoms. The van der Waals surface area contributed by atoms with E-state index < -0.39 is 19.1 Å². The first kappa shape index (κ1) is 12.8. The molecule has 0 spiro atoms. The van der Waals surface area contributed by atoms with Crippen molar-refractivity contribution in [1.82, 2.24) is 10.2 Å². The van der Waals surface area contributed by atoms with E-state index in [-0.39, 0.29) is 6.10 Å².